The molecule has 1 nitrogen and oxygen atoms in total. The molecular formula is C13H28O. The highest BCUT2D eigenvalue weighted by atomic mass is 16.3. The van der Waals surface area contributed by atoms with E-state index in [0.29, 0.717) is 18.4 Å². The Labute approximate surface area is 89.9 Å². The first-order valence-electron chi connectivity index (χ1n) is 6.26. The molecule has 0 aromatic carbocycles. The first-order chi connectivity index (χ1) is 6.65. The fourth-order valence-corrected chi connectivity index (χ4v) is 1.97. The van der Waals surface area contributed by atoms with Gasteiger partial charge in [0.15, 0.2) is 0 Å². The molecular weight excluding hydrogens is 172 g/mol. The Hall–Kier alpha value is -0.0400. The molecule has 2 unspecified atom stereocenters. The Bertz CT molecular complexity index is 120. The van der Waals surface area contributed by atoms with Gasteiger partial charge in [-0.15, -0.1) is 0 Å². The number of hydrogen-bond acceptors (Lipinski definition) is 1. The number of hydrogen-bond donors (Lipinski definition) is 1. The summed E-state index contributed by atoms with van der Waals surface area (Å²) in [5.41, 5.74) is 0. The van der Waals surface area contributed by atoms with E-state index in [-0.39, 0.29) is 0 Å². The minimum atomic E-state index is 0.361. The van der Waals surface area contributed by atoms with E-state index in [0.717, 1.165) is 5.92 Å². The van der Waals surface area contributed by atoms with Crippen LogP contribution >= 0.6 is 0 Å². The van der Waals surface area contributed by atoms with E-state index >= 15 is 0 Å². The standard InChI is InChI=1S/C13H28O/c1-5-7-8-12(6-2)9-13(10-14)11(3)4/h11-14H,5-10H2,1-4H3. The van der Waals surface area contributed by atoms with Gasteiger partial charge in [0.2, 0.25) is 0 Å². The van der Waals surface area contributed by atoms with Gasteiger partial charge in [0.25, 0.3) is 0 Å². The SMILES string of the molecule is CCCCC(CC)CC(CO)C(C)C. The van der Waals surface area contributed by atoms with E-state index in [1.807, 2.05) is 0 Å². The average molecular weight is 200 g/mol. The maximum atomic E-state index is 9.27. The first kappa shape index (κ1) is 14.0. The summed E-state index contributed by atoms with van der Waals surface area (Å²) in [6.45, 7) is 9.31. The second kappa shape index (κ2) is 8.28. The third kappa shape index (κ3) is 5.64. The highest BCUT2D eigenvalue weighted by Gasteiger charge is 2.17. The molecule has 2 atom stereocenters. The zero-order valence-electron chi connectivity index (χ0n) is 10.4. The van der Waals surface area contributed by atoms with Crippen LogP contribution in [0.1, 0.15) is 59.8 Å². The van der Waals surface area contributed by atoms with E-state index in [4.69, 9.17) is 0 Å². The molecule has 0 rings (SSSR count). The average Bonchev–Trinajstić information content (AvgIpc) is 2.18. The van der Waals surface area contributed by atoms with Crippen LogP contribution in [0.4, 0.5) is 0 Å². The Morgan fingerprint density at radius 3 is 2.14 bits per heavy atom. The summed E-state index contributed by atoms with van der Waals surface area (Å²) in [6, 6.07) is 0. The van der Waals surface area contributed by atoms with Crippen LogP contribution in [0.25, 0.3) is 0 Å². The van der Waals surface area contributed by atoms with Crippen molar-refractivity contribution in [1.82, 2.24) is 0 Å². The Morgan fingerprint density at radius 2 is 1.79 bits per heavy atom. The molecule has 86 valence electrons. The monoisotopic (exact) mass is 200 g/mol. The van der Waals surface area contributed by atoms with Crippen LogP contribution in [0.15, 0.2) is 0 Å². The van der Waals surface area contributed by atoms with Crippen molar-refractivity contribution < 1.29 is 5.11 Å². The van der Waals surface area contributed by atoms with Crippen LogP contribution in [0.3, 0.4) is 0 Å². The van der Waals surface area contributed by atoms with Crippen LogP contribution in [0, 0.1) is 17.8 Å². The summed E-state index contributed by atoms with van der Waals surface area (Å²) < 4.78 is 0. The Morgan fingerprint density at radius 1 is 1.14 bits per heavy atom. The van der Waals surface area contributed by atoms with Gasteiger partial charge in [-0.25, -0.2) is 0 Å². The van der Waals surface area contributed by atoms with Crippen LogP contribution < -0.4 is 0 Å². The van der Waals surface area contributed by atoms with Gasteiger partial charge in [0, 0.05) is 6.61 Å². The van der Waals surface area contributed by atoms with Gasteiger partial charge in [0.1, 0.15) is 0 Å². The molecule has 0 saturated heterocycles. The lowest BCUT2D eigenvalue weighted by atomic mass is 9.83. The van der Waals surface area contributed by atoms with Gasteiger partial charge in [-0.1, -0.05) is 53.4 Å². The van der Waals surface area contributed by atoms with E-state index in [9.17, 15) is 5.11 Å². The van der Waals surface area contributed by atoms with Crippen LogP contribution in [-0.4, -0.2) is 11.7 Å². The molecule has 0 bridgehead atoms. The Balaban J connectivity index is 3.87. The Kier molecular flexibility index (Phi) is 8.26. The van der Waals surface area contributed by atoms with Crippen LogP contribution in [-0.2, 0) is 0 Å². The minimum absolute atomic E-state index is 0.361. The van der Waals surface area contributed by atoms with Crippen molar-refractivity contribution in [2.45, 2.75) is 59.8 Å². The van der Waals surface area contributed by atoms with E-state index in [1.165, 1.54) is 32.1 Å². The summed E-state index contributed by atoms with van der Waals surface area (Å²) >= 11 is 0. The lowest BCUT2D eigenvalue weighted by Gasteiger charge is -2.23. The van der Waals surface area contributed by atoms with E-state index < -0.39 is 0 Å². The lowest BCUT2D eigenvalue weighted by molar-refractivity contribution is 0.158. The van der Waals surface area contributed by atoms with Crippen molar-refractivity contribution >= 4 is 0 Å². The first-order valence-corrected chi connectivity index (χ1v) is 6.26. The molecule has 0 aliphatic rings. The molecule has 0 aliphatic carbocycles. The van der Waals surface area contributed by atoms with Crippen molar-refractivity contribution in [3.63, 3.8) is 0 Å². The molecule has 14 heavy (non-hydrogen) atoms. The van der Waals surface area contributed by atoms with E-state index in [1.54, 1.807) is 0 Å². The topological polar surface area (TPSA) is 20.2 Å². The molecule has 0 saturated carbocycles. The third-order valence-electron chi connectivity index (χ3n) is 3.36. The van der Waals surface area contributed by atoms with Gasteiger partial charge in [-0.05, 0) is 24.2 Å². The number of aliphatic hydroxyl groups excluding tert-OH is 1. The smallest absolute Gasteiger partial charge is 0.0461 e. The summed E-state index contributed by atoms with van der Waals surface area (Å²) in [5.74, 6) is 1.96. The number of aliphatic hydroxyl groups is 1. The predicted octanol–water partition coefficient (Wildman–Crippen LogP) is 3.86. The molecule has 0 heterocycles. The molecule has 1 N–H and O–H groups in total. The van der Waals surface area contributed by atoms with Gasteiger partial charge >= 0.3 is 0 Å². The van der Waals surface area contributed by atoms with Gasteiger partial charge in [-0.3, -0.25) is 0 Å². The molecule has 0 aromatic rings. The van der Waals surface area contributed by atoms with Crippen molar-refractivity contribution in [3.8, 4) is 0 Å². The maximum absolute atomic E-state index is 9.27. The van der Waals surface area contributed by atoms with Crippen molar-refractivity contribution in [2.24, 2.45) is 17.8 Å². The fraction of sp³-hybridized carbons (Fsp3) is 1.00. The van der Waals surface area contributed by atoms with Crippen LogP contribution in [0.5, 0.6) is 0 Å². The minimum Gasteiger partial charge on any atom is -0.396 e. The van der Waals surface area contributed by atoms with Crippen molar-refractivity contribution in [2.75, 3.05) is 6.61 Å². The fourth-order valence-electron chi connectivity index (χ4n) is 1.97. The molecule has 0 aliphatic heterocycles. The highest BCUT2D eigenvalue weighted by molar-refractivity contribution is 4.67. The molecule has 1 heteroatoms. The van der Waals surface area contributed by atoms with Crippen molar-refractivity contribution in [3.05, 3.63) is 0 Å². The van der Waals surface area contributed by atoms with Gasteiger partial charge in [-0.2, -0.15) is 0 Å². The molecule has 0 aromatic heterocycles. The summed E-state index contributed by atoms with van der Waals surface area (Å²) in [7, 11) is 0. The lowest BCUT2D eigenvalue weighted by Crippen LogP contribution is -2.17. The second-order valence-corrected chi connectivity index (χ2v) is 4.84. The summed E-state index contributed by atoms with van der Waals surface area (Å²) in [4.78, 5) is 0. The predicted molar refractivity (Wildman–Crippen MR) is 63.3 cm³/mol. The summed E-state index contributed by atoms with van der Waals surface area (Å²) in [6.07, 6.45) is 6.46. The van der Waals surface area contributed by atoms with Gasteiger partial charge < -0.3 is 5.11 Å². The molecule has 0 fully saturated rings. The maximum Gasteiger partial charge on any atom is 0.0461 e. The molecule has 0 amide bonds. The number of rotatable bonds is 8. The van der Waals surface area contributed by atoms with E-state index in [2.05, 4.69) is 27.7 Å². The van der Waals surface area contributed by atoms with Crippen molar-refractivity contribution in [1.29, 1.82) is 0 Å². The second-order valence-electron chi connectivity index (χ2n) is 4.84. The van der Waals surface area contributed by atoms with Gasteiger partial charge in [0.05, 0.1) is 0 Å². The molecule has 0 spiro atoms. The zero-order chi connectivity index (χ0) is 11.0. The quantitative estimate of drug-likeness (QED) is 0.631. The normalized spacial score (nSPS) is 15.9. The largest absolute Gasteiger partial charge is 0.396 e. The number of unbranched alkanes of at least 4 members (excludes halogenated alkanes) is 1. The molecule has 0 radical (unpaired) electrons. The third-order valence-corrected chi connectivity index (χ3v) is 3.36. The van der Waals surface area contributed by atoms with Crippen LogP contribution in [0.2, 0.25) is 0 Å². The summed E-state index contributed by atoms with van der Waals surface area (Å²) in [5, 5.41) is 9.27. The zero-order valence-corrected chi connectivity index (χ0v) is 10.4. The highest BCUT2D eigenvalue weighted by Crippen LogP contribution is 2.25.